The van der Waals surface area contributed by atoms with E-state index in [2.05, 4.69) is 190 Å². The Kier molecular flexibility index (Phi) is 5.51. The molecular formula is C50H29N3S. The molecule has 0 saturated carbocycles. The number of anilines is 3. The smallest absolute Gasteiger partial charge is 0.0789 e. The second-order valence-electron chi connectivity index (χ2n) is 14.5. The highest BCUT2D eigenvalue weighted by Crippen LogP contribution is 2.49. The molecule has 0 aliphatic heterocycles. The highest BCUT2D eigenvalue weighted by atomic mass is 32.1. The van der Waals surface area contributed by atoms with Crippen LogP contribution in [0.4, 0.5) is 17.1 Å². The third-order valence-electron chi connectivity index (χ3n) is 11.8. The van der Waals surface area contributed by atoms with Crippen molar-refractivity contribution in [3.05, 3.63) is 176 Å². The van der Waals surface area contributed by atoms with Crippen molar-refractivity contribution in [3.8, 4) is 0 Å². The van der Waals surface area contributed by atoms with Gasteiger partial charge in [0.2, 0.25) is 0 Å². The Morgan fingerprint density at radius 1 is 0.352 bits per heavy atom. The van der Waals surface area contributed by atoms with E-state index < -0.39 is 0 Å². The lowest BCUT2D eigenvalue weighted by Crippen LogP contribution is -2.11. The zero-order chi connectivity index (χ0) is 35.1. The van der Waals surface area contributed by atoms with Crippen LogP contribution in [-0.4, -0.2) is 8.80 Å². The molecule has 0 unspecified atom stereocenters. The molecule has 0 aliphatic carbocycles. The zero-order valence-electron chi connectivity index (χ0n) is 29.0. The fraction of sp³-hybridized carbons (Fsp3) is 0. The Morgan fingerprint density at radius 3 is 1.70 bits per heavy atom. The molecule has 4 aromatic heterocycles. The second-order valence-corrected chi connectivity index (χ2v) is 15.6. The molecule has 250 valence electrons. The van der Waals surface area contributed by atoms with Crippen LogP contribution in [0.1, 0.15) is 0 Å². The zero-order valence-corrected chi connectivity index (χ0v) is 29.8. The molecule has 0 amide bonds. The highest BCUT2D eigenvalue weighted by molar-refractivity contribution is 7.26. The molecular weight excluding hydrogens is 675 g/mol. The number of nitrogens with zero attached hydrogens (tertiary/aromatic N) is 3. The summed E-state index contributed by atoms with van der Waals surface area (Å²) in [6.07, 6.45) is 0. The molecule has 0 N–H and O–H groups in total. The summed E-state index contributed by atoms with van der Waals surface area (Å²) in [7, 11) is 0. The van der Waals surface area contributed by atoms with Gasteiger partial charge in [0, 0.05) is 52.8 Å². The Hall–Kier alpha value is -6.88. The van der Waals surface area contributed by atoms with Crippen molar-refractivity contribution >= 4 is 125 Å². The average molecular weight is 704 g/mol. The van der Waals surface area contributed by atoms with E-state index in [9.17, 15) is 0 Å². The number of rotatable bonds is 3. The summed E-state index contributed by atoms with van der Waals surface area (Å²) in [6.45, 7) is 0. The van der Waals surface area contributed by atoms with E-state index in [4.69, 9.17) is 0 Å². The molecule has 9 aromatic carbocycles. The summed E-state index contributed by atoms with van der Waals surface area (Å²) in [5.41, 5.74) is 10.8. The van der Waals surface area contributed by atoms with Gasteiger partial charge in [-0.05, 0) is 70.8 Å². The van der Waals surface area contributed by atoms with Crippen LogP contribution in [-0.2, 0) is 0 Å². The Bertz CT molecular complexity index is 3690. The molecule has 54 heavy (non-hydrogen) atoms. The molecule has 0 fully saturated rings. The number of thiophene rings is 1. The SMILES string of the molecule is c1ccc2c(c1)cc(N(c1ccc3c(c1)n1c4ccccc4c4ccc5c6ccccc6n3c5c41)c1cccc3sc4ccccc4c13)c1ccccc12. The summed E-state index contributed by atoms with van der Waals surface area (Å²) in [4.78, 5) is 2.53. The van der Waals surface area contributed by atoms with Gasteiger partial charge < -0.3 is 13.7 Å². The predicted octanol–water partition coefficient (Wildman–Crippen LogP) is 14.4. The molecule has 0 atom stereocenters. The van der Waals surface area contributed by atoms with Gasteiger partial charge in [-0.1, -0.05) is 121 Å². The molecule has 0 saturated heterocycles. The topological polar surface area (TPSA) is 12.1 Å². The fourth-order valence-corrected chi connectivity index (χ4v) is 10.7. The van der Waals surface area contributed by atoms with Crippen molar-refractivity contribution in [1.29, 1.82) is 0 Å². The monoisotopic (exact) mass is 703 g/mol. The third-order valence-corrected chi connectivity index (χ3v) is 12.9. The normalized spacial score (nSPS) is 12.4. The average Bonchev–Trinajstić information content (AvgIpc) is 3.89. The van der Waals surface area contributed by atoms with Crippen LogP contribution < -0.4 is 4.90 Å². The van der Waals surface area contributed by atoms with Gasteiger partial charge in [-0.25, -0.2) is 0 Å². The van der Waals surface area contributed by atoms with Crippen LogP contribution in [0.5, 0.6) is 0 Å². The second kappa shape index (κ2) is 10.4. The maximum Gasteiger partial charge on any atom is 0.0789 e. The first kappa shape index (κ1) is 28.7. The van der Waals surface area contributed by atoms with Crippen LogP contribution >= 0.6 is 11.3 Å². The minimum Gasteiger partial charge on any atom is -0.309 e. The molecule has 4 heterocycles. The molecule has 0 radical (unpaired) electrons. The Morgan fingerprint density at radius 2 is 0.944 bits per heavy atom. The molecule has 13 rings (SSSR count). The maximum absolute atomic E-state index is 2.53. The van der Waals surface area contributed by atoms with Crippen LogP contribution in [0.25, 0.3) is 96.4 Å². The van der Waals surface area contributed by atoms with Crippen LogP contribution in [0.15, 0.2) is 176 Å². The fourth-order valence-electron chi connectivity index (χ4n) is 9.59. The number of para-hydroxylation sites is 2. The largest absolute Gasteiger partial charge is 0.309 e. The lowest BCUT2D eigenvalue weighted by molar-refractivity contribution is 1.24. The van der Waals surface area contributed by atoms with E-state index >= 15 is 0 Å². The molecule has 3 nitrogen and oxygen atoms in total. The number of fused-ring (bicyclic) bond motifs is 15. The summed E-state index contributed by atoms with van der Waals surface area (Å²) in [6, 6.07) is 65.3. The van der Waals surface area contributed by atoms with E-state index in [1.165, 1.54) is 108 Å². The summed E-state index contributed by atoms with van der Waals surface area (Å²) in [5, 5.41) is 12.7. The lowest BCUT2D eigenvalue weighted by atomic mass is 9.98. The van der Waals surface area contributed by atoms with Crippen LogP contribution in [0.3, 0.4) is 0 Å². The number of hydrogen-bond acceptors (Lipinski definition) is 2. The predicted molar refractivity (Wildman–Crippen MR) is 232 cm³/mol. The van der Waals surface area contributed by atoms with Gasteiger partial charge in [0.05, 0.1) is 44.5 Å². The lowest BCUT2D eigenvalue weighted by Gasteiger charge is -2.29. The van der Waals surface area contributed by atoms with Crippen molar-refractivity contribution in [1.82, 2.24) is 8.80 Å². The standard InChI is InChI=1S/C50H29N3S/c1-2-13-32-30(12-1)28-44(34-15-4-3-14-33(32)34)51(43-21-11-23-47-48(43)39-18-7-10-22-46(39)54-47)31-24-27-42-45(29-31)53-41-20-9-6-17-36(41)38-26-25-37-35-16-5-8-19-40(35)52(42)49(37)50(38)53/h1-29H. The van der Waals surface area contributed by atoms with Gasteiger partial charge in [-0.15, -0.1) is 11.3 Å². The van der Waals surface area contributed by atoms with Crippen molar-refractivity contribution in [2.75, 3.05) is 4.90 Å². The Labute approximate surface area is 313 Å². The van der Waals surface area contributed by atoms with E-state index in [1.54, 1.807) is 0 Å². The van der Waals surface area contributed by atoms with Gasteiger partial charge in [0.15, 0.2) is 0 Å². The van der Waals surface area contributed by atoms with Crippen molar-refractivity contribution in [2.24, 2.45) is 0 Å². The first-order valence-corrected chi connectivity index (χ1v) is 19.3. The minimum absolute atomic E-state index is 1.12. The number of benzene rings is 9. The van der Waals surface area contributed by atoms with Crippen molar-refractivity contribution in [3.63, 3.8) is 0 Å². The van der Waals surface area contributed by atoms with E-state index in [0.29, 0.717) is 0 Å². The van der Waals surface area contributed by atoms with E-state index in [-0.39, 0.29) is 0 Å². The van der Waals surface area contributed by atoms with Gasteiger partial charge in [-0.2, -0.15) is 0 Å². The number of aromatic nitrogens is 2. The van der Waals surface area contributed by atoms with E-state index in [1.807, 2.05) is 11.3 Å². The highest BCUT2D eigenvalue weighted by Gasteiger charge is 2.25. The molecule has 13 aromatic rings. The first-order valence-electron chi connectivity index (χ1n) is 18.5. The minimum atomic E-state index is 1.12. The molecule has 4 heteroatoms. The first-order chi connectivity index (χ1) is 26.8. The van der Waals surface area contributed by atoms with Gasteiger partial charge in [0.25, 0.3) is 0 Å². The number of hydrogen-bond donors (Lipinski definition) is 0. The quantitative estimate of drug-likeness (QED) is 0.132. The Balaban J connectivity index is 1.23. The van der Waals surface area contributed by atoms with Crippen LogP contribution in [0, 0.1) is 0 Å². The van der Waals surface area contributed by atoms with Gasteiger partial charge in [-0.3, -0.25) is 0 Å². The van der Waals surface area contributed by atoms with Crippen molar-refractivity contribution in [2.45, 2.75) is 0 Å². The van der Waals surface area contributed by atoms with Crippen LogP contribution in [0.2, 0.25) is 0 Å². The maximum atomic E-state index is 2.53. The van der Waals surface area contributed by atoms with Crippen molar-refractivity contribution < 1.29 is 0 Å². The summed E-state index contributed by atoms with van der Waals surface area (Å²) in [5.74, 6) is 0. The summed E-state index contributed by atoms with van der Waals surface area (Å²) < 4.78 is 7.63. The van der Waals surface area contributed by atoms with E-state index in [0.717, 1.165) is 5.69 Å². The molecule has 0 spiro atoms. The third kappa shape index (κ3) is 3.60. The molecule has 0 bridgehead atoms. The van der Waals surface area contributed by atoms with Gasteiger partial charge in [0.1, 0.15) is 0 Å². The van der Waals surface area contributed by atoms with Gasteiger partial charge >= 0.3 is 0 Å². The summed E-state index contributed by atoms with van der Waals surface area (Å²) >= 11 is 1.87. The molecule has 0 aliphatic rings.